The van der Waals surface area contributed by atoms with Gasteiger partial charge in [-0.1, -0.05) is 20.3 Å². The molecule has 0 saturated heterocycles. The van der Waals surface area contributed by atoms with Crippen molar-refractivity contribution in [3.8, 4) is 0 Å². The minimum absolute atomic E-state index is 0.673. The summed E-state index contributed by atoms with van der Waals surface area (Å²) >= 11 is 1.87. The summed E-state index contributed by atoms with van der Waals surface area (Å²) in [4.78, 5) is 4.32. The number of guanidine groups is 1. The Balaban J connectivity index is 3.64. The Hall–Kier alpha value is -0.420. The maximum atomic E-state index is 5.36. The highest BCUT2D eigenvalue weighted by Gasteiger charge is 1.99. The largest absolute Gasteiger partial charge is 0.355 e. The van der Waals surface area contributed by atoms with E-state index in [2.05, 4.69) is 35.8 Å². The summed E-state index contributed by atoms with van der Waals surface area (Å²) in [5, 5.41) is 3.87. The number of hydrogen-bond acceptors (Lipinski definition) is 3. The quantitative estimate of drug-likeness (QED) is 0.204. The van der Waals surface area contributed by atoms with Crippen LogP contribution in [-0.4, -0.2) is 30.6 Å². The lowest BCUT2D eigenvalue weighted by Gasteiger charge is -2.11. The number of nitrogens with one attached hydrogen (secondary N) is 2. The number of unbranched alkanes of at least 4 members (excludes halogenated alkanes) is 1. The average molecular weight is 232 g/mol. The molecule has 0 aromatic rings. The van der Waals surface area contributed by atoms with Crippen molar-refractivity contribution in [1.82, 2.24) is 10.7 Å². The number of nitrogens with two attached hydrogens (primary N) is 1. The molecule has 0 saturated carbocycles. The van der Waals surface area contributed by atoms with E-state index >= 15 is 0 Å². The van der Waals surface area contributed by atoms with Crippen molar-refractivity contribution in [1.29, 1.82) is 0 Å². The van der Waals surface area contributed by atoms with Gasteiger partial charge in [-0.05, 0) is 19.1 Å². The fourth-order valence-corrected chi connectivity index (χ4v) is 1.37. The molecule has 0 aromatic carbocycles. The molecular weight excluding hydrogens is 208 g/mol. The van der Waals surface area contributed by atoms with E-state index in [1.165, 1.54) is 0 Å². The van der Waals surface area contributed by atoms with Gasteiger partial charge in [-0.2, -0.15) is 11.8 Å². The summed E-state index contributed by atoms with van der Waals surface area (Å²) in [6.45, 7) is 6.12. The predicted octanol–water partition coefficient (Wildman–Crippen LogP) is 1.34. The fraction of sp³-hybridized carbons (Fsp3) is 0.900. The van der Waals surface area contributed by atoms with Crippen LogP contribution in [0, 0.1) is 0 Å². The maximum absolute atomic E-state index is 5.36. The highest BCUT2D eigenvalue weighted by molar-refractivity contribution is 7.99. The second-order valence-electron chi connectivity index (χ2n) is 3.49. The molecule has 0 spiro atoms. The molecular formula is C10H24N4S. The first-order chi connectivity index (χ1) is 7.24. The van der Waals surface area contributed by atoms with Crippen LogP contribution >= 0.6 is 11.8 Å². The maximum Gasteiger partial charge on any atom is 0.205 e. The Bertz CT molecular complexity index is 173. The highest BCUT2D eigenvalue weighted by atomic mass is 32.2. The van der Waals surface area contributed by atoms with Gasteiger partial charge in [0, 0.05) is 18.3 Å². The molecule has 0 heterocycles. The molecule has 1 atom stereocenters. The lowest BCUT2D eigenvalue weighted by molar-refractivity contribution is 0.734. The SMILES string of the molecule is CCCCN=C(NN)NCCC(C)SC. The molecule has 0 aliphatic rings. The van der Waals surface area contributed by atoms with E-state index in [1.54, 1.807) is 0 Å². The minimum atomic E-state index is 0.673. The van der Waals surface area contributed by atoms with Crippen molar-refractivity contribution < 1.29 is 0 Å². The number of hydrogen-bond donors (Lipinski definition) is 3. The summed E-state index contributed by atoms with van der Waals surface area (Å²) in [7, 11) is 0. The van der Waals surface area contributed by atoms with Gasteiger partial charge in [0.05, 0.1) is 0 Å². The van der Waals surface area contributed by atoms with Gasteiger partial charge in [-0.3, -0.25) is 10.4 Å². The van der Waals surface area contributed by atoms with Gasteiger partial charge in [0.1, 0.15) is 0 Å². The van der Waals surface area contributed by atoms with Crippen molar-refractivity contribution in [3.63, 3.8) is 0 Å². The van der Waals surface area contributed by atoms with Crippen molar-refractivity contribution in [2.75, 3.05) is 19.3 Å². The molecule has 90 valence electrons. The number of rotatable bonds is 7. The first-order valence-corrected chi connectivity index (χ1v) is 6.81. The normalized spacial score (nSPS) is 13.7. The molecule has 15 heavy (non-hydrogen) atoms. The number of thioether (sulfide) groups is 1. The highest BCUT2D eigenvalue weighted by Crippen LogP contribution is 2.07. The van der Waals surface area contributed by atoms with E-state index in [9.17, 15) is 0 Å². The second kappa shape index (κ2) is 10.1. The predicted molar refractivity (Wildman–Crippen MR) is 70.1 cm³/mol. The van der Waals surface area contributed by atoms with E-state index in [1.807, 2.05) is 11.8 Å². The van der Waals surface area contributed by atoms with Crippen molar-refractivity contribution in [2.24, 2.45) is 10.8 Å². The number of aliphatic imine (C=N–C) groups is 1. The lowest BCUT2D eigenvalue weighted by atomic mass is 10.3. The summed E-state index contributed by atoms with van der Waals surface area (Å²) in [5.41, 5.74) is 2.58. The molecule has 0 fully saturated rings. The van der Waals surface area contributed by atoms with E-state index in [0.717, 1.165) is 32.4 Å². The van der Waals surface area contributed by atoms with Crippen LogP contribution in [0.5, 0.6) is 0 Å². The zero-order valence-electron chi connectivity index (χ0n) is 10.0. The van der Waals surface area contributed by atoms with Gasteiger partial charge < -0.3 is 5.32 Å². The van der Waals surface area contributed by atoms with Gasteiger partial charge in [0.15, 0.2) is 0 Å². The van der Waals surface area contributed by atoms with Gasteiger partial charge in [-0.25, -0.2) is 5.84 Å². The molecule has 4 N–H and O–H groups in total. The zero-order valence-corrected chi connectivity index (χ0v) is 10.9. The molecule has 0 aliphatic heterocycles. The molecule has 0 radical (unpaired) electrons. The Kier molecular flexibility index (Phi) is 9.83. The van der Waals surface area contributed by atoms with Crippen LogP contribution in [0.1, 0.15) is 33.1 Å². The number of hydrazine groups is 1. The Labute approximate surface area is 97.5 Å². The third kappa shape index (κ3) is 8.57. The van der Waals surface area contributed by atoms with E-state index in [4.69, 9.17) is 5.84 Å². The molecule has 0 aromatic heterocycles. The molecule has 1 unspecified atom stereocenters. The molecule has 0 bridgehead atoms. The van der Waals surface area contributed by atoms with Crippen LogP contribution in [0.3, 0.4) is 0 Å². The number of nitrogens with zero attached hydrogens (tertiary/aromatic N) is 1. The minimum Gasteiger partial charge on any atom is -0.355 e. The summed E-state index contributed by atoms with van der Waals surface area (Å²) in [6.07, 6.45) is 5.51. The molecule has 4 nitrogen and oxygen atoms in total. The lowest BCUT2D eigenvalue weighted by Crippen LogP contribution is -2.42. The second-order valence-corrected chi connectivity index (χ2v) is 4.77. The van der Waals surface area contributed by atoms with Crippen LogP contribution in [0.4, 0.5) is 0 Å². The average Bonchev–Trinajstić information content (AvgIpc) is 2.26. The van der Waals surface area contributed by atoms with Crippen molar-refractivity contribution in [3.05, 3.63) is 0 Å². The summed E-state index contributed by atoms with van der Waals surface area (Å²) < 4.78 is 0. The van der Waals surface area contributed by atoms with E-state index in [-0.39, 0.29) is 0 Å². The summed E-state index contributed by atoms with van der Waals surface area (Å²) in [5.74, 6) is 6.06. The zero-order chi connectivity index (χ0) is 11.5. The van der Waals surface area contributed by atoms with Gasteiger partial charge in [0.2, 0.25) is 5.96 Å². The van der Waals surface area contributed by atoms with Crippen LogP contribution in [0.2, 0.25) is 0 Å². The van der Waals surface area contributed by atoms with Gasteiger partial charge >= 0.3 is 0 Å². The Morgan fingerprint density at radius 1 is 1.53 bits per heavy atom. The van der Waals surface area contributed by atoms with Crippen LogP contribution in [0.25, 0.3) is 0 Å². The topological polar surface area (TPSA) is 62.4 Å². The smallest absolute Gasteiger partial charge is 0.205 e. The standard InChI is InChI=1S/C10H24N4S/c1-4-5-7-12-10(14-11)13-8-6-9(2)15-3/h9H,4-8,11H2,1-3H3,(H2,12,13,14). The fourth-order valence-electron chi connectivity index (χ4n) is 1.01. The molecule has 0 aliphatic carbocycles. The van der Waals surface area contributed by atoms with E-state index in [0.29, 0.717) is 11.2 Å². The molecule has 5 heteroatoms. The van der Waals surface area contributed by atoms with Crippen LogP contribution in [0.15, 0.2) is 4.99 Å². The Morgan fingerprint density at radius 2 is 2.27 bits per heavy atom. The first kappa shape index (κ1) is 14.6. The van der Waals surface area contributed by atoms with Crippen molar-refractivity contribution >= 4 is 17.7 Å². The Morgan fingerprint density at radius 3 is 2.80 bits per heavy atom. The van der Waals surface area contributed by atoms with E-state index < -0.39 is 0 Å². The van der Waals surface area contributed by atoms with Crippen molar-refractivity contribution in [2.45, 2.75) is 38.4 Å². The molecule has 0 rings (SSSR count). The van der Waals surface area contributed by atoms with Crippen LogP contribution in [-0.2, 0) is 0 Å². The van der Waals surface area contributed by atoms with Crippen LogP contribution < -0.4 is 16.6 Å². The third-order valence-corrected chi connectivity index (χ3v) is 3.20. The molecule has 0 amide bonds. The van der Waals surface area contributed by atoms with Gasteiger partial charge in [-0.15, -0.1) is 0 Å². The monoisotopic (exact) mass is 232 g/mol. The van der Waals surface area contributed by atoms with Gasteiger partial charge in [0.25, 0.3) is 0 Å². The third-order valence-electron chi connectivity index (χ3n) is 2.16. The first-order valence-electron chi connectivity index (χ1n) is 5.52. The summed E-state index contributed by atoms with van der Waals surface area (Å²) in [6, 6.07) is 0.